The third-order valence-electron chi connectivity index (χ3n) is 4.04. The van der Waals surface area contributed by atoms with Crippen molar-refractivity contribution in [2.24, 2.45) is 0 Å². The summed E-state index contributed by atoms with van der Waals surface area (Å²) in [6.45, 7) is 3.03. The van der Waals surface area contributed by atoms with Crippen molar-refractivity contribution in [3.63, 3.8) is 0 Å². The minimum absolute atomic E-state index is 0.149. The van der Waals surface area contributed by atoms with Gasteiger partial charge in [0.2, 0.25) is 0 Å². The molecular formula is C21H23NO4. The third-order valence-corrected chi connectivity index (χ3v) is 4.04. The van der Waals surface area contributed by atoms with Gasteiger partial charge in [-0.15, -0.1) is 0 Å². The highest BCUT2D eigenvalue weighted by Gasteiger charge is 2.18. The van der Waals surface area contributed by atoms with Gasteiger partial charge in [0.05, 0.1) is 11.6 Å². The lowest BCUT2D eigenvalue weighted by Crippen LogP contribution is -2.43. The van der Waals surface area contributed by atoms with E-state index in [1.165, 1.54) is 6.92 Å². The lowest BCUT2D eigenvalue weighted by atomic mass is 10.0. The molecular weight excluding hydrogens is 330 g/mol. The summed E-state index contributed by atoms with van der Waals surface area (Å²) in [6.07, 6.45) is 1.28. The predicted molar refractivity (Wildman–Crippen MR) is 98.9 cm³/mol. The lowest BCUT2D eigenvalue weighted by molar-refractivity contribution is -0.128. The Bertz CT molecular complexity index is 753. The molecule has 0 fully saturated rings. The van der Waals surface area contributed by atoms with Crippen molar-refractivity contribution in [2.75, 3.05) is 6.61 Å². The van der Waals surface area contributed by atoms with E-state index in [0.717, 1.165) is 17.5 Å². The van der Waals surface area contributed by atoms with Gasteiger partial charge in [0, 0.05) is 0 Å². The van der Waals surface area contributed by atoms with Crippen molar-refractivity contribution < 1.29 is 19.1 Å². The summed E-state index contributed by atoms with van der Waals surface area (Å²) in [6, 6.07) is 15.8. The number of carbonyl (C=O) groups is 3. The normalized spacial score (nSPS) is 11.5. The van der Waals surface area contributed by atoms with Crippen molar-refractivity contribution >= 4 is 17.7 Å². The Morgan fingerprint density at radius 3 is 2.19 bits per heavy atom. The highest BCUT2D eigenvalue weighted by Crippen LogP contribution is 2.07. The molecule has 0 aliphatic heterocycles. The molecule has 0 radical (unpaired) electrons. The number of amides is 1. The topological polar surface area (TPSA) is 72.5 Å². The van der Waals surface area contributed by atoms with Gasteiger partial charge in [0.1, 0.15) is 0 Å². The minimum Gasteiger partial charge on any atom is -0.452 e. The Morgan fingerprint density at radius 1 is 0.962 bits per heavy atom. The van der Waals surface area contributed by atoms with Crippen molar-refractivity contribution in [3.05, 3.63) is 71.3 Å². The van der Waals surface area contributed by atoms with E-state index in [-0.39, 0.29) is 5.78 Å². The second-order valence-corrected chi connectivity index (χ2v) is 6.05. The molecule has 0 heterocycles. The molecule has 0 bridgehead atoms. The molecule has 0 saturated heterocycles. The van der Waals surface area contributed by atoms with Crippen LogP contribution in [0.15, 0.2) is 54.6 Å². The zero-order valence-electron chi connectivity index (χ0n) is 15.0. The van der Waals surface area contributed by atoms with Gasteiger partial charge in [-0.2, -0.15) is 0 Å². The number of hydrogen-bond donors (Lipinski definition) is 1. The van der Waals surface area contributed by atoms with Crippen LogP contribution in [0.25, 0.3) is 0 Å². The summed E-state index contributed by atoms with van der Waals surface area (Å²) < 4.78 is 5.03. The fourth-order valence-electron chi connectivity index (χ4n) is 2.47. The number of benzene rings is 2. The number of nitrogens with one attached hydrogen (secondary N) is 1. The van der Waals surface area contributed by atoms with Crippen LogP contribution < -0.4 is 5.32 Å². The Labute approximate surface area is 153 Å². The van der Waals surface area contributed by atoms with E-state index in [1.807, 2.05) is 49.4 Å². The van der Waals surface area contributed by atoms with Crippen LogP contribution in [0.2, 0.25) is 0 Å². The molecule has 1 N–H and O–H groups in total. The number of Topliss-reactive ketones (excluding diaryl/α,β-unsaturated/α-hetero) is 1. The average Bonchev–Trinajstić information content (AvgIpc) is 2.66. The number of aryl methyl sites for hydroxylation is 1. The van der Waals surface area contributed by atoms with E-state index < -0.39 is 24.5 Å². The molecule has 2 rings (SSSR count). The van der Waals surface area contributed by atoms with Gasteiger partial charge in [-0.3, -0.25) is 9.59 Å². The quantitative estimate of drug-likeness (QED) is 0.741. The van der Waals surface area contributed by atoms with Crippen molar-refractivity contribution in [1.29, 1.82) is 0 Å². The number of ketones is 1. The van der Waals surface area contributed by atoms with E-state index in [4.69, 9.17) is 4.74 Å². The first kappa shape index (κ1) is 19.4. The Balaban J connectivity index is 1.87. The third kappa shape index (κ3) is 5.84. The van der Waals surface area contributed by atoms with Crippen LogP contribution in [-0.2, 0) is 27.2 Å². The first-order chi connectivity index (χ1) is 12.5. The number of hydrogen-bond acceptors (Lipinski definition) is 4. The van der Waals surface area contributed by atoms with Gasteiger partial charge in [0.25, 0.3) is 5.91 Å². The van der Waals surface area contributed by atoms with Gasteiger partial charge < -0.3 is 10.1 Å². The first-order valence-corrected chi connectivity index (χ1v) is 8.59. The number of esters is 1. The molecule has 0 saturated carbocycles. The van der Waals surface area contributed by atoms with Crippen molar-refractivity contribution in [3.8, 4) is 0 Å². The summed E-state index contributed by atoms with van der Waals surface area (Å²) >= 11 is 0. The molecule has 0 aromatic heterocycles. The second-order valence-electron chi connectivity index (χ2n) is 6.05. The summed E-state index contributed by atoms with van der Waals surface area (Å²) in [4.78, 5) is 35.8. The maximum Gasteiger partial charge on any atom is 0.338 e. The molecule has 0 aliphatic rings. The van der Waals surface area contributed by atoms with Crippen molar-refractivity contribution in [2.45, 2.75) is 32.7 Å². The van der Waals surface area contributed by atoms with Crippen LogP contribution in [0.5, 0.6) is 0 Å². The van der Waals surface area contributed by atoms with Gasteiger partial charge in [0.15, 0.2) is 12.4 Å². The number of ether oxygens (including phenoxy) is 1. The summed E-state index contributed by atoms with van der Waals surface area (Å²) in [5, 5.41) is 2.62. The van der Waals surface area contributed by atoms with Crippen LogP contribution in [0.1, 0.15) is 35.3 Å². The Kier molecular flexibility index (Phi) is 7.09. The smallest absolute Gasteiger partial charge is 0.338 e. The fourth-order valence-corrected chi connectivity index (χ4v) is 2.47. The summed E-state index contributed by atoms with van der Waals surface area (Å²) in [5.41, 5.74) is 2.45. The van der Waals surface area contributed by atoms with Crippen LogP contribution in [0.4, 0.5) is 0 Å². The van der Waals surface area contributed by atoms with Crippen LogP contribution in [0, 0.1) is 0 Å². The molecule has 5 heteroatoms. The van der Waals surface area contributed by atoms with Gasteiger partial charge in [-0.25, -0.2) is 4.79 Å². The van der Waals surface area contributed by atoms with Gasteiger partial charge >= 0.3 is 5.97 Å². The van der Waals surface area contributed by atoms with E-state index in [0.29, 0.717) is 12.0 Å². The van der Waals surface area contributed by atoms with Crippen LogP contribution in [0.3, 0.4) is 0 Å². The summed E-state index contributed by atoms with van der Waals surface area (Å²) in [7, 11) is 0. The molecule has 5 nitrogen and oxygen atoms in total. The molecule has 2 aromatic carbocycles. The SMILES string of the molecule is CCc1ccc(C(=O)OCC(=O)N[C@@H](Cc2ccccc2)C(C)=O)cc1. The highest BCUT2D eigenvalue weighted by molar-refractivity contribution is 5.92. The number of carbonyl (C=O) groups excluding carboxylic acids is 3. The fraction of sp³-hybridized carbons (Fsp3) is 0.286. The van der Waals surface area contributed by atoms with Crippen LogP contribution >= 0.6 is 0 Å². The van der Waals surface area contributed by atoms with E-state index in [1.54, 1.807) is 12.1 Å². The van der Waals surface area contributed by atoms with E-state index in [9.17, 15) is 14.4 Å². The average molecular weight is 353 g/mol. The monoisotopic (exact) mass is 353 g/mol. The zero-order chi connectivity index (χ0) is 18.9. The van der Waals surface area contributed by atoms with Crippen molar-refractivity contribution in [1.82, 2.24) is 5.32 Å². The molecule has 0 spiro atoms. The second kappa shape index (κ2) is 9.51. The largest absolute Gasteiger partial charge is 0.452 e. The maximum absolute atomic E-state index is 12.0. The van der Waals surface area contributed by atoms with E-state index >= 15 is 0 Å². The van der Waals surface area contributed by atoms with Gasteiger partial charge in [-0.05, 0) is 43.0 Å². The molecule has 26 heavy (non-hydrogen) atoms. The standard InChI is InChI=1S/C21H23NO4/c1-3-16-9-11-18(12-10-16)21(25)26-14-20(24)22-19(15(2)23)13-17-7-5-4-6-8-17/h4-12,19H,3,13-14H2,1-2H3,(H,22,24)/t19-/m0/s1. The predicted octanol–water partition coefficient (Wildman–Crippen LogP) is 2.72. The minimum atomic E-state index is -0.646. The van der Waals surface area contributed by atoms with Crippen LogP contribution in [-0.4, -0.2) is 30.3 Å². The number of rotatable bonds is 8. The highest BCUT2D eigenvalue weighted by atomic mass is 16.5. The first-order valence-electron chi connectivity index (χ1n) is 8.59. The Morgan fingerprint density at radius 2 is 1.62 bits per heavy atom. The zero-order valence-corrected chi connectivity index (χ0v) is 15.0. The molecule has 0 unspecified atom stereocenters. The van der Waals surface area contributed by atoms with E-state index in [2.05, 4.69) is 5.32 Å². The maximum atomic E-state index is 12.0. The Hall–Kier alpha value is -2.95. The molecule has 0 aliphatic carbocycles. The molecule has 2 aromatic rings. The summed E-state index contributed by atoms with van der Waals surface area (Å²) in [5.74, 6) is -1.21. The molecule has 1 amide bonds. The molecule has 136 valence electrons. The lowest BCUT2D eigenvalue weighted by Gasteiger charge is -2.16. The van der Waals surface area contributed by atoms with Gasteiger partial charge in [-0.1, -0.05) is 49.4 Å². The molecule has 1 atom stereocenters.